The Morgan fingerprint density at radius 2 is 1.84 bits per heavy atom. The Labute approximate surface area is 147 Å². The number of sulfonamides is 1. The van der Waals surface area contributed by atoms with Crippen LogP contribution in [0.5, 0.6) is 0 Å². The number of aryl methyl sites for hydroxylation is 3. The van der Waals surface area contributed by atoms with Crippen molar-refractivity contribution in [1.82, 2.24) is 15.1 Å². The van der Waals surface area contributed by atoms with Crippen LogP contribution in [0, 0.1) is 12.3 Å². The largest absolute Gasteiger partial charge is 0.366 e. The number of aromatic nitrogens is 4. The van der Waals surface area contributed by atoms with Crippen LogP contribution < -0.4 is 4.68 Å². The van der Waals surface area contributed by atoms with Gasteiger partial charge in [0.05, 0.1) is 25.0 Å². The van der Waals surface area contributed by atoms with Crippen molar-refractivity contribution in [2.75, 3.05) is 0 Å². The van der Waals surface area contributed by atoms with Crippen molar-refractivity contribution in [3.63, 3.8) is 0 Å². The molecule has 0 radical (unpaired) electrons. The molecule has 0 fully saturated rings. The van der Waals surface area contributed by atoms with Gasteiger partial charge in [-0.3, -0.25) is 9.74 Å². The highest BCUT2D eigenvalue weighted by molar-refractivity contribution is 7.90. The lowest BCUT2D eigenvalue weighted by Gasteiger charge is -2.31. The normalized spacial score (nSPS) is 14.0. The summed E-state index contributed by atoms with van der Waals surface area (Å²) >= 11 is 0. The molecule has 25 heavy (non-hydrogen) atoms. The predicted octanol–water partition coefficient (Wildman–Crippen LogP) is 2.17. The average Bonchev–Trinajstić information content (AvgIpc) is 2.82. The predicted molar refractivity (Wildman–Crippen MR) is 91.0 cm³/mol. The second-order valence-electron chi connectivity index (χ2n) is 6.93. The van der Waals surface area contributed by atoms with Crippen LogP contribution in [0.25, 0.3) is 5.43 Å². The Hall–Kier alpha value is -2.36. The Kier molecular flexibility index (Phi) is 5.21. The fourth-order valence-electron chi connectivity index (χ4n) is 2.27. The van der Waals surface area contributed by atoms with E-state index in [2.05, 4.69) is 25.6 Å². The molecule has 1 atom stereocenters. The number of benzene rings is 1. The van der Waals surface area contributed by atoms with Gasteiger partial charge in [0.1, 0.15) is 5.21 Å². The van der Waals surface area contributed by atoms with Gasteiger partial charge in [-0.05, 0) is 24.5 Å². The first-order chi connectivity index (χ1) is 11.5. The van der Waals surface area contributed by atoms with Crippen LogP contribution in [-0.4, -0.2) is 23.5 Å². The summed E-state index contributed by atoms with van der Waals surface area (Å²) in [5.41, 5.74) is 4.77. The van der Waals surface area contributed by atoms with Gasteiger partial charge < -0.3 is 5.43 Å². The van der Waals surface area contributed by atoms with Crippen molar-refractivity contribution >= 4 is 10.0 Å². The molecule has 1 heterocycles. The second kappa shape index (κ2) is 6.87. The van der Waals surface area contributed by atoms with E-state index in [4.69, 9.17) is 0 Å². The van der Waals surface area contributed by atoms with Crippen molar-refractivity contribution in [2.45, 2.75) is 38.6 Å². The molecule has 1 aromatic carbocycles. The van der Waals surface area contributed by atoms with Gasteiger partial charge in [0.15, 0.2) is 5.21 Å². The molecule has 0 N–H and O–H groups in total. The monoisotopic (exact) mass is 365 g/mol. The zero-order valence-corrected chi connectivity index (χ0v) is 16.1. The van der Waals surface area contributed by atoms with E-state index >= 15 is 0 Å². The molecule has 1 aromatic heterocycles. The quantitative estimate of drug-likeness (QED) is 0.459. The van der Waals surface area contributed by atoms with Gasteiger partial charge in [0.25, 0.3) is 5.82 Å². The van der Waals surface area contributed by atoms with Crippen molar-refractivity contribution in [3.05, 3.63) is 41.1 Å². The Bertz CT molecular complexity index is 845. The van der Waals surface area contributed by atoms with Crippen molar-refractivity contribution < 1.29 is 13.1 Å². The van der Waals surface area contributed by atoms with Gasteiger partial charge in [-0.2, -0.15) is 0 Å². The molecule has 2 rings (SSSR count). The first kappa shape index (κ1) is 19.0. The first-order valence-corrected chi connectivity index (χ1v) is 9.16. The molecule has 2 aromatic rings. The summed E-state index contributed by atoms with van der Waals surface area (Å²) < 4.78 is 31.1. The molecule has 0 aliphatic rings. The highest BCUT2D eigenvalue weighted by Gasteiger charge is 2.32. The topological polar surface area (TPSA) is 108 Å². The summed E-state index contributed by atoms with van der Waals surface area (Å²) in [5.74, 6) is 0.694. The summed E-state index contributed by atoms with van der Waals surface area (Å²) in [6.45, 7) is 7.79. The molecule has 136 valence electrons. The van der Waals surface area contributed by atoms with E-state index in [0.29, 0.717) is 5.82 Å². The fraction of sp³-hybridized carbons (Fsp3) is 0.533. The van der Waals surface area contributed by atoms with Crippen LogP contribution in [0.1, 0.15) is 38.2 Å². The summed E-state index contributed by atoms with van der Waals surface area (Å²) in [4.78, 5) is 0.0807. The molecule has 0 saturated carbocycles. The maximum atomic E-state index is 12.2. The van der Waals surface area contributed by atoms with E-state index < -0.39 is 16.1 Å². The maximum Gasteiger partial charge on any atom is 0.260 e. The van der Waals surface area contributed by atoms with Crippen molar-refractivity contribution in [1.29, 1.82) is 0 Å². The van der Waals surface area contributed by atoms with Gasteiger partial charge in [-0.25, -0.2) is 8.42 Å². The molecule has 0 bridgehead atoms. The molecule has 9 nitrogen and oxygen atoms in total. The highest BCUT2D eigenvalue weighted by Crippen LogP contribution is 2.37. The highest BCUT2D eigenvalue weighted by atomic mass is 32.2. The molecule has 0 spiro atoms. The minimum atomic E-state index is -3.89. The van der Waals surface area contributed by atoms with Gasteiger partial charge >= 0.3 is 0 Å². The third kappa shape index (κ3) is 4.38. The molecular formula is C15H23N7O2S. The Morgan fingerprint density at radius 1 is 1.24 bits per heavy atom. The summed E-state index contributed by atoms with van der Waals surface area (Å²) in [6.07, 6.45) is 0. The van der Waals surface area contributed by atoms with Crippen LogP contribution in [0.2, 0.25) is 0 Å². The molecule has 1 unspecified atom stereocenters. The lowest BCUT2D eigenvalue weighted by molar-refractivity contribution is -0.740. The lowest BCUT2D eigenvalue weighted by atomic mass is 9.86. The van der Waals surface area contributed by atoms with Gasteiger partial charge in [0, 0.05) is 0 Å². The standard InChI is InChI=1S/C15H23N7O2S/c1-11-7-9-12(10-8-11)25(23,24)20-17-16-13(15(2,3)4)14-21(5)18-19-22(14)6/h7-10,13H,1-6H3. The van der Waals surface area contributed by atoms with Crippen LogP contribution in [0.3, 0.4) is 0 Å². The first-order valence-electron chi connectivity index (χ1n) is 7.72. The van der Waals surface area contributed by atoms with E-state index in [1.165, 1.54) is 12.1 Å². The van der Waals surface area contributed by atoms with E-state index in [1.807, 2.05) is 27.7 Å². The maximum absolute atomic E-state index is 12.2. The fourth-order valence-corrected chi connectivity index (χ4v) is 2.98. The smallest absolute Gasteiger partial charge is 0.260 e. The molecular weight excluding hydrogens is 342 g/mol. The number of rotatable bonds is 5. The molecule has 0 saturated heterocycles. The minimum Gasteiger partial charge on any atom is -0.366 e. The van der Waals surface area contributed by atoms with Crippen LogP contribution in [-0.2, 0) is 24.1 Å². The number of hydrogen-bond acceptors (Lipinski definition) is 5. The average molecular weight is 365 g/mol. The van der Waals surface area contributed by atoms with E-state index in [9.17, 15) is 8.42 Å². The molecule has 0 aliphatic heterocycles. The van der Waals surface area contributed by atoms with E-state index in [1.54, 1.807) is 35.6 Å². The van der Waals surface area contributed by atoms with E-state index in [0.717, 1.165) is 5.56 Å². The molecule has 0 amide bonds. The number of tetrazole rings is 1. The summed E-state index contributed by atoms with van der Waals surface area (Å²) in [6, 6.07) is 5.94. The third-order valence-corrected chi connectivity index (χ3v) is 4.82. The van der Waals surface area contributed by atoms with Crippen LogP contribution in [0.15, 0.2) is 38.9 Å². The SMILES string of the molecule is Cc1ccc(S(=O)(=O)N=N[N-]C(c2n(C)nn[n+]2C)C(C)(C)C)cc1. The third-order valence-electron chi connectivity index (χ3n) is 3.67. The molecule has 10 heteroatoms. The number of nitrogens with zero attached hydrogens (tertiary/aromatic N) is 7. The Balaban J connectivity index is 2.26. The van der Waals surface area contributed by atoms with E-state index in [-0.39, 0.29) is 10.3 Å². The Morgan fingerprint density at radius 3 is 2.32 bits per heavy atom. The van der Waals surface area contributed by atoms with Gasteiger partial charge in [0.2, 0.25) is 10.0 Å². The zero-order valence-electron chi connectivity index (χ0n) is 15.2. The van der Waals surface area contributed by atoms with Gasteiger partial charge in [-0.15, -0.1) is 4.68 Å². The zero-order chi connectivity index (χ0) is 18.8. The molecule has 0 aliphatic carbocycles. The van der Waals surface area contributed by atoms with Crippen molar-refractivity contribution in [2.24, 2.45) is 29.3 Å². The minimum absolute atomic E-state index is 0.0807. The number of hydrogen-bond donors (Lipinski definition) is 0. The van der Waals surface area contributed by atoms with Crippen LogP contribution >= 0.6 is 0 Å². The lowest BCUT2D eigenvalue weighted by Crippen LogP contribution is -2.39. The summed E-state index contributed by atoms with van der Waals surface area (Å²) in [7, 11) is -0.394. The van der Waals surface area contributed by atoms with Gasteiger partial charge in [-0.1, -0.05) is 43.1 Å². The summed E-state index contributed by atoms with van der Waals surface area (Å²) in [5, 5.41) is 11.5. The second-order valence-corrected chi connectivity index (χ2v) is 8.51. The van der Waals surface area contributed by atoms with Crippen LogP contribution in [0.4, 0.5) is 0 Å². The van der Waals surface area contributed by atoms with Crippen molar-refractivity contribution in [3.8, 4) is 0 Å².